The van der Waals surface area contributed by atoms with Gasteiger partial charge in [-0.1, -0.05) is 45.2 Å². The van der Waals surface area contributed by atoms with Gasteiger partial charge in [0, 0.05) is 0 Å². The summed E-state index contributed by atoms with van der Waals surface area (Å²) in [5.74, 6) is 2.31. The van der Waals surface area contributed by atoms with E-state index in [2.05, 4.69) is 26.0 Å². The van der Waals surface area contributed by atoms with E-state index >= 15 is 0 Å². The average Bonchev–Trinajstić information content (AvgIpc) is 2.70. The first-order chi connectivity index (χ1) is 12.7. The van der Waals surface area contributed by atoms with Gasteiger partial charge in [-0.05, 0) is 86.8 Å². The van der Waals surface area contributed by atoms with Gasteiger partial charge in [0.25, 0.3) is 0 Å². The molecule has 2 fully saturated rings. The molecule has 2 aliphatic carbocycles. The zero-order valence-corrected chi connectivity index (χ0v) is 16.7. The molecular weight excluding hydrogens is 320 g/mol. The summed E-state index contributed by atoms with van der Waals surface area (Å²) in [5, 5.41) is 0. The third-order valence-electron chi connectivity index (χ3n) is 6.81. The number of hydrogen-bond donors (Lipinski definition) is 0. The predicted molar refractivity (Wildman–Crippen MR) is 108 cm³/mol. The molecule has 1 aromatic carbocycles. The molecule has 144 valence electrons. The molecule has 26 heavy (non-hydrogen) atoms. The molecule has 2 heteroatoms. The number of carbonyl (C=O) groups excluding carboxylic acids is 1. The van der Waals surface area contributed by atoms with Crippen LogP contribution in [0.2, 0.25) is 0 Å². The van der Waals surface area contributed by atoms with E-state index in [0.29, 0.717) is 11.5 Å². The average molecular weight is 357 g/mol. The molecule has 0 saturated heterocycles. The summed E-state index contributed by atoms with van der Waals surface area (Å²) in [7, 11) is 0. The largest absolute Gasteiger partial charge is 0.459 e. The van der Waals surface area contributed by atoms with Crippen molar-refractivity contribution < 1.29 is 9.53 Å². The van der Waals surface area contributed by atoms with Crippen molar-refractivity contribution in [3.05, 3.63) is 35.4 Å². The van der Waals surface area contributed by atoms with Crippen molar-refractivity contribution in [3.8, 4) is 0 Å². The Hall–Kier alpha value is -1.31. The van der Waals surface area contributed by atoms with Gasteiger partial charge in [-0.25, -0.2) is 4.79 Å². The van der Waals surface area contributed by atoms with Crippen molar-refractivity contribution in [2.75, 3.05) is 0 Å². The van der Waals surface area contributed by atoms with Crippen molar-refractivity contribution in [1.82, 2.24) is 0 Å². The van der Waals surface area contributed by atoms with E-state index < -0.39 is 0 Å². The van der Waals surface area contributed by atoms with Crippen LogP contribution in [-0.4, -0.2) is 12.1 Å². The lowest BCUT2D eigenvalue weighted by atomic mass is 9.78. The maximum Gasteiger partial charge on any atom is 0.338 e. The lowest BCUT2D eigenvalue weighted by Gasteiger charge is -2.28. The third-order valence-corrected chi connectivity index (χ3v) is 6.81. The highest BCUT2D eigenvalue weighted by Crippen LogP contribution is 2.37. The Bertz CT molecular complexity index is 546. The second-order valence-corrected chi connectivity index (χ2v) is 8.58. The number of esters is 1. The second kappa shape index (κ2) is 9.58. The van der Waals surface area contributed by atoms with Crippen molar-refractivity contribution in [2.45, 2.75) is 96.5 Å². The Morgan fingerprint density at radius 3 is 2.08 bits per heavy atom. The van der Waals surface area contributed by atoms with Gasteiger partial charge >= 0.3 is 5.97 Å². The number of benzene rings is 1. The first-order valence-electron chi connectivity index (χ1n) is 11.0. The monoisotopic (exact) mass is 356 g/mol. The summed E-state index contributed by atoms with van der Waals surface area (Å²) in [6.07, 6.45) is 13.8. The van der Waals surface area contributed by atoms with Crippen molar-refractivity contribution in [3.63, 3.8) is 0 Å². The van der Waals surface area contributed by atoms with Crippen LogP contribution >= 0.6 is 0 Å². The van der Waals surface area contributed by atoms with E-state index in [1.54, 1.807) is 0 Å². The van der Waals surface area contributed by atoms with Gasteiger partial charge in [-0.2, -0.15) is 0 Å². The van der Waals surface area contributed by atoms with Crippen LogP contribution in [0.5, 0.6) is 0 Å². The minimum absolute atomic E-state index is 0.125. The van der Waals surface area contributed by atoms with Crippen molar-refractivity contribution in [2.24, 2.45) is 11.8 Å². The molecule has 0 heterocycles. The maximum atomic E-state index is 12.5. The fourth-order valence-electron chi connectivity index (χ4n) is 4.96. The summed E-state index contributed by atoms with van der Waals surface area (Å²) in [6.45, 7) is 4.56. The molecule has 0 spiro atoms. The highest BCUT2D eigenvalue weighted by Gasteiger charge is 2.24. The lowest BCUT2D eigenvalue weighted by molar-refractivity contribution is 0.0161. The lowest BCUT2D eigenvalue weighted by Crippen LogP contribution is -2.24. The molecule has 0 N–H and O–H groups in total. The molecule has 0 aromatic heterocycles. The van der Waals surface area contributed by atoms with Gasteiger partial charge in [0.2, 0.25) is 0 Å². The van der Waals surface area contributed by atoms with Gasteiger partial charge in [0.05, 0.1) is 5.56 Å². The predicted octanol–water partition coefficient (Wildman–Crippen LogP) is 6.89. The molecule has 0 amide bonds. The number of rotatable bonds is 6. The molecule has 0 radical (unpaired) electrons. The fourth-order valence-corrected chi connectivity index (χ4v) is 4.96. The Labute approximate surface area is 159 Å². The van der Waals surface area contributed by atoms with Gasteiger partial charge in [-0.3, -0.25) is 0 Å². The summed E-state index contributed by atoms with van der Waals surface area (Å²) >= 11 is 0. The summed E-state index contributed by atoms with van der Waals surface area (Å²) in [4.78, 5) is 12.5. The van der Waals surface area contributed by atoms with E-state index in [4.69, 9.17) is 4.74 Å². The quantitative estimate of drug-likeness (QED) is 0.519. The maximum absolute atomic E-state index is 12.5. The van der Waals surface area contributed by atoms with Gasteiger partial charge < -0.3 is 4.74 Å². The minimum atomic E-state index is -0.134. The summed E-state index contributed by atoms with van der Waals surface area (Å²) in [6, 6.07) is 8.27. The van der Waals surface area contributed by atoms with E-state index in [9.17, 15) is 4.79 Å². The van der Waals surface area contributed by atoms with Crippen molar-refractivity contribution >= 4 is 5.97 Å². The zero-order valence-electron chi connectivity index (χ0n) is 16.7. The number of carbonyl (C=O) groups is 1. The van der Waals surface area contributed by atoms with E-state index in [0.717, 1.165) is 24.7 Å². The molecule has 0 aliphatic heterocycles. The molecule has 3 rings (SSSR count). The van der Waals surface area contributed by atoms with Crippen LogP contribution in [-0.2, 0) is 4.74 Å². The minimum Gasteiger partial charge on any atom is -0.459 e. The smallest absolute Gasteiger partial charge is 0.338 e. The standard InChI is InChI=1S/C24H36O2/c1-3-5-19-8-16-23(17-9-19)26-24(25)22-14-12-21(13-15-22)20-10-6-18(4-2)7-11-20/h12-15,18-20,23H,3-11,16-17H2,1-2H3/t18-,19?,20-,23?. The van der Waals surface area contributed by atoms with Gasteiger partial charge in [0.1, 0.15) is 6.10 Å². The normalized spacial score (nSPS) is 29.3. The van der Waals surface area contributed by atoms with Crippen LogP contribution in [0.15, 0.2) is 24.3 Å². The Morgan fingerprint density at radius 2 is 1.50 bits per heavy atom. The zero-order chi connectivity index (χ0) is 18.4. The van der Waals surface area contributed by atoms with Crippen LogP contribution in [0.4, 0.5) is 0 Å². The van der Waals surface area contributed by atoms with Crippen LogP contribution in [0.25, 0.3) is 0 Å². The van der Waals surface area contributed by atoms with Gasteiger partial charge in [-0.15, -0.1) is 0 Å². The van der Waals surface area contributed by atoms with Gasteiger partial charge in [0.15, 0.2) is 0 Å². The van der Waals surface area contributed by atoms with Crippen molar-refractivity contribution in [1.29, 1.82) is 0 Å². The SMILES string of the molecule is CCCC1CCC(OC(=O)c2ccc([C@H]3CC[C@H](CC)CC3)cc2)CC1. The van der Waals surface area contributed by atoms with Crippen LogP contribution in [0.1, 0.15) is 106 Å². The van der Waals surface area contributed by atoms with E-state index in [-0.39, 0.29) is 12.1 Å². The Morgan fingerprint density at radius 1 is 0.885 bits per heavy atom. The van der Waals surface area contributed by atoms with Crippen LogP contribution in [0, 0.1) is 11.8 Å². The molecule has 0 unspecified atom stereocenters. The topological polar surface area (TPSA) is 26.3 Å². The summed E-state index contributed by atoms with van der Waals surface area (Å²) in [5.41, 5.74) is 2.11. The highest BCUT2D eigenvalue weighted by atomic mass is 16.5. The first-order valence-corrected chi connectivity index (χ1v) is 11.0. The van der Waals surface area contributed by atoms with Crippen LogP contribution < -0.4 is 0 Å². The number of hydrogen-bond acceptors (Lipinski definition) is 2. The second-order valence-electron chi connectivity index (χ2n) is 8.58. The molecular formula is C24H36O2. The third kappa shape index (κ3) is 5.11. The molecule has 2 saturated carbocycles. The highest BCUT2D eigenvalue weighted by molar-refractivity contribution is 5.89. The van der Waals surface area contributed by atoms with Crippen LogP contribution in [0.3, 0.4) is 0 Å². The Balaban J connectivity index is 1.48. The van der Waals surface area contributed by atoms with E-state index in [1.807, 2.05) is 12.1 Å². The molecule has 0 atom stereocenters. The molecule has 2 aliphatic rings. The molecule has 0 bridgehead atoms. The number of ether oxygens (including phenoxy) is 1. The Kier molecular flexibility index (Phi) is 7.16. The molecule has 1 aromatic rings. The molecule has 2 nitrogen and oxygen atoms in total. The first kappa shape index (κ1) is 19.5. The fraction of sp³-hybridized carbons (Fsp3) is 0.708. The van der Waals surface area contributed by atoms with E-state index in [1.165, 1.54) is 63.4 Å². The summed E-state index contributed by atoms with van der Waals surface area (Å²) < 4.78 is 5.78.